The maximum absolute atomic E-state index is 13.1. The molecular weight excluding hydrogens is 532 g/mol. The van der Waals surface area contributed by atoms with Crippen LogP contribution in [-0.4, -0.2) is 62.4 Å². The number of rotatable bonds is 7. The first kappa shape index (κ1) is 32.5. The Labute approximate surface area is 239 Å². The number of amides is 2. The van der Waals surface area contributed by atoms with Crippen LogP contribution < -0.4 is 9.64 Å². The first-order valence-corrected chi connectivity index (χ1v) is 12.6. The molecule has 0 radical (unpaired) electrons. The number of carbonyl (C=O) groups excluding carboxylic acids is 4. The van der Waals surface area contributed by atoms with E-state index in [1.54, 1.807) is 79.0 Å². The Balaban J connectivity index is 2.64. The summed E-state index contributed by atoms with van der Waals surface area (Å²) in [7, 11) is 3.91. The lowest BCUT2D eigenvalue weighted by Gasteiger charge is -2.28. The molecule has 0 fully saturated rings. The molecular formula is C30H36N2O9. The number of carbonyl (C=O) groups is 4. The molecule has 2 aromatic rings. The molecule has 0 spiro atoms. The topological polar surface area (TPSA) is 130 Å². The van der Waals surface area contributed by atoms with Gasteiger partial charge in [0.05, 0.1) is 38.3 Å². The van der Waals surface area contributed by atoms with E-state index in [2.05, 4.69) is 4.99 Å². The van der Waals surface area contributed by atoms with Crippen molar-refractivity contribution in [3.8, 4) is 5.75 Å². The standard InChI is InChI=1S/C30H36N2O9/c1-29(2,3)40-27(35)32(28(36)41-30(4,5)6)20-13-17-23(22(18-20)25(33)38-8)31-24(26(34)39-9)16-12-19-10-14-21(37-7)15-11-19/h10-18H,1-9H3/b16-12+,31-24?. The summed E-state index contributed by atoms with van der Waals surface area (Å²) in [4.78, 5) is 56.5. The second kappa shape index (κ2) is 13.6. The molecule has 0 atom stereocenters. The van der Waals surface area contributed by atoms with Gasteiger partial charge < -0.3 is 23.7 Å². The molecule has 2 aromatic carbocycles. The molecule has 0 aromatic heterocycles. The van der Waals surface area contributed by atoms with Crippen LogP contribution in [0.3, 0.4) is 0 Å². The van der Waals surface area contributed by atoms with Gasteiger partial charge in [0.15, 0.2) is 0 Å². The average Bonchev–Trinajstić information content (AvgIpc) is 2.88. The number of benzene rings is 2. The van der Waals surface area contributed by atoms with Gasteiger partial charge in [-0.05, 0) is 83.5 Å². The maximum atomic E-state index is 13.1. The molecule has 0 aliphatic rings. The van der Waals surface area contributed by atoms with Gasteiger partial charge in [-0.3, -0.25) is 0 Å². The fourth-order valence-corrected chi connectivity index (χ4v) is 3.21. The van der Waals surface area contributed by atoms with Crippen LogP contribution in [0.15, 0.2) is 53.5 Å². The number of aliphatic imine (C=N–C) groups is 1. The van der Waals surface area contributed by atoms with Gasteiger partial charge in [-0.15, -0.1) is 0 Å². The van der Waals surface area contributed by atoms with E-state index >= 15 is 0 Å². The van der Waals surface area contributed by atoms with Crippen LogP contribution >= 0.6 is 0 Å². The maximum Gasteiger partial charge on any atom is 0.424 e. The number of imide groups is 1. The Kier molecular flexibility index (Phi) is 10.8. The third-order valence-corrected chi connectivity index (χ3v) is 4.98. The SMILES string of the molecule is COC(=O)C(/C=C/c1ccc(OC)cc1)=Nc1ccc(N(C(=O)OC(C)(C)C)C(=O)OC(C)(C)C)cc1C(=O)OC. The largest absolute Gasteiger partial charge is 0.497 e. The van der Waals surface area contributed by atoms with Crippen molar-refractivity contribution in [2.75, 3.05) is 26.2 Å². The molecule has 41 heavy (non-hydrogen) atoms. The van der Waals surface area contributed by atoms with Crippen LogP contribution in [0.25, 0.3) is 6.08 Å². The van der Waals surface area contributed by atoms with E-state index in [0.29, 0.717) is 10.6 Å². The second-order valence-corrected chi connectivity index (χ2v) is 10.6. The van der Waals surface area contributed by atoms with Crippen molar-refractivity contribution in [2.45, 2.75) is 52.7 Å². The van der Waals surface area contributed by atoms with E-state index in [-0.39, 0.29) is 22.6 Å². The highest BCUT2D eigenvalue weighted by Crippen LogP contribution is 2.29. The van der Waals surface area contributed by atoms with E-state index in [1.807, 2.05) is 0 Å². The molecule has 11 heteroatoms. The van der Waals surface area contributed by atoms with Crippen LogP contribution in [0, 0.1) is 0 Å². The van der Waals surface area contributed by atoms with Crippen molar-refractivity contribution in [1.82, 2.24) is 0 Å². The van der Waals surface area contributed by atoms with Crippen molar-refractivity contribution in [3.05, 3.63) is 59.7 Å². The van der Waals surface area contributed by atoms with Gasteiger partial charge >= 0.3 is 24.1 Å². The number of nitrogens with zero attached hydrogens (tertiary/aromatic N) is 2. The summed E-state index contributed by atoms with van der Waals surface area (Å²) in [5, 5.41) is 0. The van der Waals surface area contributed by atoms with E-state index in [9.17, 15) is 19.2 Å². The van der Waals surface area contributed by atoms with E-state index in [1.165, 1.54) is 31.4 Å². The molecule has 220 valence electrons. The van der Waals surface area contributed by atoms with E-state index < -0.39 is 35.3 Å². The molecule has 11 nitrogen and oxygen atoms in total. The fraction of sp³-hybridized carbons (Fsp3) is 0.367. The average molecular weight is 569 g/mol. The Morgan fingerprint density at radius 1 is 0.780 bits per heavy atom. The molecule has 0 aliphatic heterocycles. The fourth-order valence-electron chi connectivity index (χ4n) is 3.21. The minimum absolute atomic E-state index is 0.0220. The monoisotopic (exact) mass is 568 g/mol. The number of ether oxygens (including phenoxy) is 5. The van der Waals surface area contributed by atoms with Crippen molar-refractivity contribution in [1.29, 1.82) is 0 Å². The van der Waals surface area contributed by atoms with Crippen molar-refractivity contribution in [2.24, 2.45) is 4.99 Å². The molecule has 2 rings (SSSR count). The predicted octanol–water partition coefficient (Wildman–Crippen LogP) is 6.12. The molecule has 2 amide bonds. The Morgan fingerprint density at radius 2 is 1.34 bits per heavy atom. The van der Waals surface area contributed by atoms with Crippen LogP contribution in [0.5, 0.6) is 5.75 Å². The summed E-state index contributed by atoms with van der Waals surface area (Å²) in [6, 6.07) is 11.0. The highest BCUT2D eigenvalue weighted by molar-refractivity contribution is 6.42. The Bertz CT molecular complexity index is 1300. The lowest BCUT2D eigenvalue weighted by atomic mass is 10.1. The van der Waals surface area contributed by atoms with Gasteiger partial charge in [0.25, 0.3) is 0 Å². The van der Waals surface area contributed by atoms with Crippen molar-refractivity contribution >= 4 is 47.3 Å². The second-order valence-electron chi connectivity index (χ2n) is 10.6. The van der Waals surface area contributed by atoms with Crippen LogP contribution in [0.2, 0.25) is 0 Å². The first-order chi connectivity index (χ1) is 19.1. The quantitative estimate of drug-likeness (QED) is 0.220. The smallest absolute Gasteiger partial charge is 0.424 e. The molecule has 0 N–H and O–H groups in total. The molecule has 0 saturated carbocycles. The van der Waals surface area contributed by atoms with Gasteiger partial charge in [0.1, 0.15) is 22.7 Å². The lowest BCUT2D eigenvalue weighted by molar-refractivity contribution is -0.132. The van der Waals surface area contributed by atoms with Gasteiger partial charge in [-0.1, -0.05) is 18.2 Å². The van der Waals surface area contributed by atoms with E-state index in [0.717, 1.165) is 12.7 Å². The zero-order valence-corrected chi connectivity index (χ0v) is 24.8. The third kappa shape index (κ3) is 9.79. The van der Waals surface area contributed by atoms with Gasteiger partial charge in [-0.25, -0.2) is 24.2 Å². The van der Waals surface area contributed by atoms with E-state index in [4.69, 9.17) is 23.7 Å². The normalized spacial score (nSPS) is 12.0. The van der Waals surface area contributed by atoms with Crippen LogP contribution in [-0.2, 0) is 23.7 Å². The van der Waals surface area contributed by atoms with Crippen molar-refractivity contribution < 1.29 is 42.9 Å². The highest BCUT2D eigenvalue weighted by atomic mass is 16.6. The summed E-state index contributed by atoms with van der Waals surface area (Å²) in [6.45, 7) is 9.86. The molecule has 0 heterocycles. The minimum Gasteiger partial charge on any atom is -0.497 e. The lowest BCUT2D eigenvalue weighted by Crippen LogP contribution is -2.43. The Hall–Kier alpha value is -4.67. The summed E-state index contributed by atoms with van der Waals surface area (Å²) in [5.74, 6) is -0.931. The third-order valence-electron chi connectivity index (χ3n) is 4.98. The number of hydrogen-bond acceptors (Lipinski definition) is 10. The molecule has 0 saturated heterocycles. The van der Waals surface area contributed by atoms with Crippen LogP contribution in [0.1, 0.15) is 57.5 Å². The summed E-state index contributed by atoms with van der Waals surface area (Å²) in [6.07, 6.45) is 1.03. The van der Waals surface area contributed by atoms with Crippen LogP contribution in [0.4, 0.5) is 21.0 Å². The molecule has 0 bridgehead atoms. The number of methoxy groups -OCH3 is 3. The summed E-state index contributed by atoms with van der Waals surface area (Å²) >= 11 is 0. The number of esters is 2. The Morgan fingerprint density at radius 3 is 1.80 bits per heavy atom. The highest BCUT2D eigenvalue weighted by Gasteiger charge is 2.33. The summed E-state index contributed by atoms with van der Waals surface area (Å²) < 4.78 is 25.7. The first-order valence-electron chi connectivity index (χ1n) is 12.6. The van der Waals surface area contributed by atoms with Gasteiger partial charge in [-0.2, -0.15) is 4.90 Å². The number of anilines is 1. The van der Waals surface area contributed by atoms with Gasteiger partial charge in [0.2, 0.25) is 0 Å². The minimum atomic E-state index is -1.02. The molecule has 0 aliphatic carbocycles. The summed E-state index contributed by atoms with van der Waals surface area (Å²) in [5.41, 5.74) is -1.40. The zero-order chi connectivity index (χ0) is 31.0. The number of hydrogen-bond donors (Lipinski definition) is 0. The zero-order valence-electron chi connectivity index (χ0n) is 24.8. The van der Waals surface area contributed by atoms with Gasteiger partial charge in [0, 0.05) is 0 Å². The molecule has 0 unspecified atom stereocenters. The predicted molar refractivity (Wildman–Crippen MR) is 154 cm³/mol. The van der Waals surface area contributed by atoms with Crippen molar-refractivity contribution in [3.63, 3.8) is 0 Å².